The summed E-state index contributed by atoms with van der Waals surface area (Å²) in [4.78, 5) is 13.3. The molecule has 2 heterocycles. The van der Waals surface area contributed by atoms with Gasteiger partial charge in [-0.05, 0) is 37.8 Å². The predicted molar refractivity (Wildman–Crippen MR) is 72.5 cm³/mol. The molecule has 0 radical (unpaired) electrons. The Morgan fingerprint density at radius 1 is 1.42 bits per heavy atom. The highest BCUT2D eigenvalue weighted by atomic mass is 16.5. The summed E-state index contributed by atoms with van der Waals surface area (Å²) in [5.74, 6) is -0.836. The number of carboxylic acid groups (broad SMARTS) is 1. The molecule has 0 spiro atoms. The standard InChI is InChI=1S/C15H19NO3/c1-10-8-11-4-2-3-5-13(11)16(10)9-12-6-7-14(19-12)15(17)18/h2-5,10,12,14H,6-9H2,1H3,(H,17,18). The van der Waals surface area contributed by atoms with E-state index in [1.807, 2.05) is 0 Å². The van der Waals surface area contributed by atoms with E-state index in [9.17, 15) is 4.79 Å². The third-order valence-corrected chi connectivity index (χ3v) is 4.13. The lowest BCUT2D eigenvalue weighted by atomic mass is 10.1. The van der Waals surface area contributed by atoms with Crippen LogP contribution < -0.4 is 4.90 Å². The Bertz CT molecular complexity index is 488. The largest absolute Gasteiger partial charge is 0.479 e. The molecule has 0 amide bonds. The molecule has 1 aromatic rings. The second-order valence-electron chi connectivity index (χ2n) is 5.50. The highest BCUT2D eigenvalue weighted by Gasteiger charge is 2.34. The summed E-state index contributed by atoms with van der Waals surface area (Å²) in [5, 5.41) is 8.96. The molecule has 3 unspecified atom stereocenters. The zero-order valence-electron chi connectivity index (χ0n) is 11.1. The summed E-state index contributed by atoms with van der Waals surface area (Å²) < 4.78 is 5.61. The molecule has 3 atom stereocenters. The van der Waals surface area contributed by atoms with Gasteiger partial charge in [0.15, 0.2) is 6.10 Å². The molecule has 0 aliphatic carbocycles. The Morgan fingerprint density at radius 2 is 2.21 bits per heavy atom. The maximum atomic E-state index is 10.9. The number of benzene rings is 1. The van der Waals surface area contributed by atoms with E-state index < -0.39 is 12.1 Å². The normalized spacial score (nSPS) is 29.5. The predicted octanol–water partition coefficient (Wildman–Crippen LogP) is 2.07. The Balaban J connectivity index is 1.69. The van der Waals surface area contributed by atoms with Crippen molar-refractivity contribution in [1.29, 1.82) is 0 Å². The van der Waals surface area contributed by atoms with E-state index >= 15 is 0 Å². The number of rotatable bonds is 3. The van der Waals surface area contributed by atoms with Crippen molar-refractivity contribution in [2.45, 2.75) is 44.4 Å². The number of carbonyl (C=O) groups is 1. The molecule has 2 aliphatic heterocycles. The van der Waals surface area contributed by atoms with Crippen LogP contribution in [0.5, 0.6) is 0 Å². The van der Waals surface area contributed by atoms with E-state index in [1.165, 1.54) is 11.3 Å². The number of hydrogen-bond acceptors (Lipinski definition) is 3. The summed E-state index contributed by atoms with van der Waals surface area (Å²) in [5.41, 5.74) is 2.65. The Morgan fingerprint density at radius 3 is 2.95 bits per heavy atom. The molecule has 19 heavy (non-hydrogen) atoms. The Labute approximate surface area is 113 Å². The second-order valence-corrected chi connectivity index (χ2v) is 5.50. The summed E-state index contributed by atoms with van der Waals surface area (Å²) in [6, 6.07) is 8.90. The van der Waals surface area contributed by atoms with Crippen molar-refractivity contribution in [2.24, 2.45) is 0 Å². The van der Waals surface area contributed by atoms with Gasteiger partial charge in [-0.3, -0.25) is 0 Å². The van der Waals surface area contributed by atoms with Gasteiger partial charge >= 0.3 is 5.97 Å². The molecule has 0 saturated carbocycles. The number of ether oxygens (including phenoxy) is 1. The molecule has 4 heteroatoms. The highest BCUT2D eigenvalue weighted by Crippen LogP contribution is 2.33. The van der Waals surface area contributed by atoms with Crippen LogP contribution in [0.2, 0.25) is 0 Å². The minimum absolute atomic E-state index is 0.0368. The molecule has 3 rings (SSSR count). The van der Waals surface area contributed by atoms with Gasteiger partial charge in [-0.1, -0.05) is 18.2 Å². The first-order valence-corrected chi connectivity index (χ1v) is 6.88. The number of fused-ring (bicyclic) bond motifs is 1. The fourth-order valence-electron chi connectivity index (χ4n) is 3.15. The quantitative estimate of drug-likeness (QED) is 0.905. The lowest BCUT2D eigenvalue weighted by Gasteiger charge is -2.27. The van der Waals surface area contributed by atoms with Crippen LogP contribution in [0.1, 0.15) is 25.3 Å². The number of carboxylic acids is 1. The van der Waals surface area contributed by atoms with Crippen molar-refractivity contribution in [3.05, 3.63) is 29.8 Å². The van der Waals surface area contributed by atoms with Gasteiger partial charge in [-0.2, -0.15) is 0 Å². The van der Waals surface area contributed by atoms with Crippen molar-refractivity contribution >= 4 is 11.7 Å². The maximum Gasteiger partial charge on any atom is 0.332 e. The third-order valence-electron chi connectivity index (χ3n) is 4.13. The molecule has 0 aromatic heterocycles. The molecule has 1 fully saturated rings. The molecule has 1 N–H and O–H groups in total. The molecule has 0 bridgehead atoms. The fraction of sp³-hybridized carbons (Fsp3) is 0.533. The van der Waals surface area contributed by atoms with Gasteiger partial charge in [-0.25, -0.2) is 4.79 Å². The summed E-state index contributed by atoms with van der Waals surface area (Å²) >= 11 is 0. The van der Waals surface area contributed by atoms with Crippen LogP contribution in [0.15, 0.2) is 24.3 Å². The topological polar surface area (TPSA) is 49.8 Å². The molecule has 1 aromatic carbocycles. The SMILES string of the molecule is CC1Cc2ccccc2N1CC1CCC(C(=O)O)O1. The number of nitrogens with zero attached hydrogens (tertiary/aromatic N) is 1. The van der Waals surface area contributed by atoms with Gasteiger partial charge in [0, 0.05) is 18.3 Å². The molecule has 1 saturated heterocycles. The van der Waals surface area contributed by atoms with E-state index in [0.29, 0.717) is 12.5 Å². The van der Waals surface area contributed by atoms with Crippen molar-refractivity contribution < 1.29 is 14.6 Å². The number of anilines is 1. The minimum atomic E-state index is -0.836. The van der Waals surface area contributed by atoms with E-state index in [2.05, 4.69) is 36.1 Å². The molecular formula is C15H19NO3. The summed E-state index contributed by atoms with van der Waals surface area (Å²) in [6.07, 6.45) is 1.95. The Hall–Kier alpha value is -1.55. The van der Waals surface area contributed by atoms with Gasteiger partial charge in [-0.15, -0.1) is 0 Å². The average molecular weight is 261 g/mol. The average Bonchev–Trinajstić information content (AvgIpc) is 2.96. The lowest BCUT2D eigenvalue weighted by molar-refractivity contribution is -0.149. The smallest absolute Gasteiger partial charge is 0.332 e. The van der Waals surface area contributed by atoms with Crippen LogP contribution in [0, 0.1) is 0 Å². The van der Waals surface area contributed by atoms with E-state index in [-0.39, 0.29) is 6.10 Å². The summed E-state index contributed by atoms with van der Waals surface area (Å²) in [6.45, 7) is 3.01. The maximum absolute atomic E-state index is 10.9. The van der Waals surface area contributed by atoms with Crippen LogP contribution in [0.4, 0.5) is 5.69 Å². The summed E-state index contributed by atoms with van der Waals surface area (Å²) in [7, 11) is 0. The van der Waals surface area contributed by atoms with Crippen molar-refractivity contribution in [2.75, 3.05) is 11.4 Å². The van der Waals surface area contributed by atoms with E-state index in [1.54, 1.807) is 0 Å². The van der Waals surface area contributed by atoms with Crippen molar-refractivity contribution in [3.63, 3.8) is 0 Å². The van der Waals surface area contributed by atoms with Crippen molar-refractivity contribution in [3.8, 4) is 0 Å². The molecular weight excluding hydrogens is 242 g/mol. The molecule has 102 valence electrons. The van der Waals surface area contributed by atoms with Crippen LogP contribution in [0.25, 0.3) is 0 Å². The monoisotopic (exact) mass is 261 g/mol. The van der Waals surface area contributed by atoms with Crippen LogP contribution in [0.3, 0.4) is 0 Å². The van der Waals surface area contributed by atoms with Crippen LogP contribution in [-0.2, 0) is 16.0 Å². The zero-order chi connectivity index (χ0) is 13.4. The Kier molecular flexibility index (Phi) is 3.19. The van der Waals surface area contributed by atoms with E-state index in [0.717, 1.165) is 19.4 Å². The number of aliphatic carboxylic acids is 1. The van der Waals surface area contributed by atoms with Crippen LogP contribution >= 0.6 is 0 Å². The molecule has 4 nitrogen and oxygen atoms in total. The number of para-hydroxylation sites is 1. The van der Waals surface area contributed by atoms with Gasteiger partial charge in [0.2, 0.25) is 0 Å². The van der Waals surface area contributed by atoms with Crippen molar-refractivity contribution in [1.82, 2.24) is 0 Å². The highest BCUT2D eigenvalue weighted by molar-refractivity contribution is 5.72. The van der Waals surface area contributed by atoms with Crippen LogP contribution in [-0.4, -0.2) is 35.9 Å². The lowest BCUT2D eigenvalue weighted by Crippen LogP contribution is -2.37. The third kappa shape index (κ3) is 2.32. The zero-order valence-corrected chi connectivity index (χ0v) is 11.1. The van der Waals surface area contributed by atoms with Gasteiger partial charge in [0.05, 0.1) is 6.10 Å². The minimum Gasteiger partial charge on any atom is -0.479 e. The van der Waals surface area contributed by atoms with Gasteiger partial charge < -0.3 is 14.7 Å². The van der Waals surface area contributed by atoms with Gasteiger partial charge in [0.1, 0.15) is 0 Å². The second kappa shape index (κ2) is 4.85. The number of hydrogen-bond donors (Lipinski definition) is 1. The first kappa shape index (κ1) is 12.5. The van der Waals surface area contributed by atoms with Gasteiger partial charge in [0.25, 0.3) is 0 Å². The van der Waals surface area contributed by atoms with E-state index in [4.69, 9.17) is 9.84 Å². The first-order valence-electron chi connectivity index (χ1n) is 6.88. The fourth-order valence-corrected chi connectivity index (χ4v) is 3.15. The molecule has 2 aliphatic rings. The first-order chi connectivity index (χ1) is 9.15.